The lowest BCUT2D eigenvalue weighted by atomic mass is 9.87. The van der Waals surface area contributed by atoms with Crippen LogP contribution in [0, 0.1) is 10.1 Å². The molecule has 0 aliphatic rings. The fourth-order valence-corrected chi connectivity index (χ4v) is 4.89. The van der Waals surface area contributed by atoms with E-state index in [1.807, 2.05) is 48.5 Å². The molecule has 3 aromatic carbocycles. The molecule has 4 aromatic rings. The number of hydrogen-bond donors (Lipinski definition) is 1. The quantitative estimate of drug-likeness (QED) is 0.226. The highest BCUT2D eigenvalue weighted by Gasteiger charge is 2.26. The lowest BCUT2D eigenvalue weighted by molar-refractivity contribution is -0.384. The third-order valence-corrected chi connectivity index (χ3v) is 6.72. The Morgan fingerprint density at radius 1 is 1.06 bits per heavy atom. The van der Waals surface area contributed by atoms with Crippen LogP contribution in [0.3, 0.4) is 0 Å². The summed E-state index contributed by atoms with van der Waals surface area (Å²) in [5.74, 6) is 1.05. The number of aromatic nitrogens is 1. The topological polar surface area (TPSA) is 101 Å². The second kappa shape index (κ2) is 10.1. The molecule has 0 bridgehead atoms. The number of nitro benzene ring substituents is 1. The van der Waals surface area contributed by atoms with Gasteiger partial charge in [0.15, 0.2) is 5.13 Å². The number of methoxy groups -OCH3 is 2. The van der Waals surface area contributed by atoms with Gasteiger partial charge in [0.25, 0.3) is 5.69 Å². The smallest absolute Gasteiger partial charge is 0.269 e. The molecule has 0 saturated heterocycles. The van der Waals surface area contributed by atoms with Gasteiger partial charge in [-0.15, -0.1) is 0 Å². The summed E-state index contributed by atoms with van der Waals surface area (Å²) in [6.45, 7) is 0. The van der Waals surface area contributed by atoms with Gasteiger partial charge in [-0.3, -0.25) is 10.1 Å². The Kier molecular flexibility index (Phi) is 7.00. The number of rotatable bonds is 8. The van der Waals surface area contributed by atoms with Gasteiger partial charge in [-0.05, 0) is 47.9 Å². The molecule has 174 valence electrons. The van der Waals surface area contributed by atoms with E-state index in [1.54, 1.807) is 26.4 Å². The number of halogens is 1. The van der Waals surface area contributed by atoms with Crippen molar-refractivity contribution < 1.29 is 14.4 Å². The average Bonchev–Trinajstić information content (AvgIpc) is 3.24. The zero-order valence-electron chi connectivity index (χ0n) is 18.5. The van der Waals surface area contributed by atoms with E-state index in [1.165, 1.54) is 17.4 Å². The third-order valence-electron chi connectivity index (χ3n) is 5.52. The highest BCUT2D eigenvalue weighted by Crippen LogP contribution is 2.42. The van der Waals surface area contributed by atoms with Gasteiger partial charge < -0.3 is 15.2 Å². The molecule has 1 aromatic heterocycles. The Morgan fingerprint density at radius 2 is 1.76 bits per heavy atom. The van der Waals surface area contributed by atoms with Crippen molar-refractivity contribution in [1.29, 1.82) is 0 Å². The summed E-state index contributed by atoms with van der Waals surface area (Å²) >= 11 is 7.49. The summed E-state index contributed by atoms with van der Waals surface area (Å²) in [6, 6.07) is 19.8. The number of non-ortho nitro benzene ring substituents is 1. The molecule has 0 spiro atoms. The van der Waals surface area contributed by atoms with Crippen LogP contribution in [0.1, 0.15) is 22.7 Å². The molecule has 0 amide bonds. The van der Waals surface area contributed by atoms with Crippen molar-refractivity contribution in [3.8, 4) is 21.9 Å². The molecule has 0 fully saturated rings. The Morgan fingerprint density at radius 3 is 2.38 bits per heavy atom. The molecule has 1 atom stereocenters. The number of hydrogen-bond acceptors (Lipinski definition) is 7. The number of nitrogen functional groups attached to an aromatic ring is 1. The van der Waals surface area contributed by atoms with Crippen molar-refractivity contribution in [3.63, 3.8) is 0 Å². The Labute approximate surface area is 205 Å². The number of benzene rings is 3. The van der Waals surface area contributed by atoms with E-state index in [9.17, 15) is 10.1 Å². The summed E-state index contributed by atoms with van der Waals surface area (Å²) in [5.41, 5.74) is 9.56. The van der Waals surface area contributed by atoms with Crippen molar-refractivity contribution in [2.75, 3.05) is 20.0 Å². The van der Waals surface area contributed by atoms with Gasteiger partial charge in [-0.2, -0.15) is 0 Å². The normalized spacial score (nSPS) is 11.7. The second-order valence-electron chi connectivity index (χ2n) is 7.56. The predicted octanol–water partition coefficient (Wildman–Crippen LogP) is 6.35. The maximum atomic E-state index is 11.4. The fourth-order valence-electron chi connectivity index (χ4n) is 3.86. The molecular formula is C25H22ClN3O4S. The first kappa shape index (κ1) is 23.5. The van der Waals surface area contributed by atoms with Crippen LogP contribution in [0.2, 0.25) is 5.02 Å². The van der Waals surface area contributed by atoms with Crippen molar-refractivity contribution in [1.82, 2.24) is 4.98 Å². The molecule has 9 heteroatoms. The van der Waals surface area contributed by atoms with E-state index < -0.39 is 4.92 Å². The van der Waals surface area contributed by atoms with E-state index in [0.29, 0.717) is 27.9 Å². The van der Waals surface area contributed by atoms with Gasteiger partial charge in [-0.25, -0.2) is 4.98 Å². The number of nitrogens with zero attached hydrogens (tertiary/aromatic N) is 2. The summed E-state index contributed by atoms with van der Waals surface area (Å²) in [7, 11) is 3.16. The maximum absolute atomic E-state index is 11.4. The molecule has 7 nitrogen and oxygen atoms in total. The summed E-state index contributed by atoms with van der Waals surface area (Å²) in [5, 5.41) is 12.5. The number of thiazole rings is 1. The van der Waals surface area contributed by atoms with Crippen LogP contribution >= 0.6 is 22.9 Å². The molecular weight excluding hydrogens is 474 g/mol. The van der Waals surface area contributed by atoms with Crippen molar-refractivity contribution >= 4 is 33.8 Å². The highest BCUT2D eigenvalue weighted by atomic mass is 35.5. The van der Waals surface area contributed by atoms with Gasteiger partial charge in [0.2, 0.25) is 0 Å². The number of ether oxygens (including phenoxy) is 2. The van der Waals surface area contributed by atoms with Crippen molar-refractivity contribution in [2.24, 2.45) is 0 Å². The lowest BCUT2D eigenvalue weighted by Gasteiger charge is -2.19. The second-order valence-corrected chi connectivity index (χ2v) is 9.02. The van der Waals surface area contributed by atoms with Gasteiger partial charge >= 0.3 is 0 Å². The van der Waals surface area contributed by atoms with E-state index in [0.717, 1.165) is 27.4 Å². The van der Waals surface area contributed by atoms with Crippen LogP contribution in [0.25, 0.3) is 10.4 Å². The summed E-state index contributed by atoms with van der Waals surface area (Å²) < 4.78 is 10.8. The molecule has 2 N–H and O–H groups in total. The highest BCUT2D eigenvalue weighted by molar-refractivity contribution is 7.18. The van der Waals surface area contributed by atoms with Crippen molar-refractivity contribution in [3.05, 3.63) is 98.7 Å². The fraction of sp³-hybridized carbons (Fsp3) is 0.160. The van der Waals surface area contributed by atoms with Gasteiger partial charge in [0.1, 0.15) is 11.5 Å². The molecule has 0 saturated carbocycles. The maximum Gasteiger partial charge on any atom is 0.269 e. The van der Waals surface area contributed by atoms with Gasteiger partial charge in [0, 0.05) is 28.6 Å². The largest absolute Gasteiger partial charge is 0.497 e. The molecule has 0 aliphatic heterocycles. The molecule has 1 heterocycles. The zero-order chi connectivity index (χ0) is 24.2. The Bertz CT molecular complexity index is 1310. The molecule has 4 rings (SSSR count). The monoisotopic (exact) mass is 495 g/mol. The third kappa shape index (κ3) is 4.98. The summed E-state index contributed by atoms with van der Waals surface area (Å²) in [6.07, 6.45) is 0.418. The van der Waals surface area contributed by atoms with Crippen molar-refractivity contribution in [2.45, 2.75) is 12.3 Å². The van der Waals surface area contributed by atoms with Crippen LogP contribution < -0.4 is 15.2 Å². The first-order valence-corrected chi connectivity index (χ1v) is 11.6. The minimum atomic E-state index is -0.411. The van der Waals surface area contributed by atoms with E-state index in [-0.39, 0.29) is 11.6 Å². The number of nitrogens with two attached hydrogens (primary N) is 1. The van der Waals surface area contributed by atoms with Crippen LogP contribution in [0.15, 0.2) is 66.7 Å². The van der Waals surface area contributed by atoms with Crippen LogP contribution in [-0.4, -0.2) is 24.1 Å². The zero-order valence-corrected chi connectivity index (χ0v) is 20.1. The van der Waals surface area contributed by atoms with E-state index in [2.05, 4.69) is 0 Å². The molecule has 34 heavy (non-hydrogen) atoms. The van der Waals surface area contributed by atoms with Crippen LogP contribution in [0.4, 0.5) is 10.8 Å². The number of nitro groups is 1. The van der Waals surface area contributed by atoms with Crippen LogP contribution in [-0.2, 0) is 6.42 Å². The molecule has 0 radical (unpaired) electrons. The summed E-state index contributed by atoms with van der Waals surface area (Å²) in [4.78, 5) is 16.6. The van der Waals surface area contributed by atoms with Gasteiger partial charge in [-0.1, -0.05) is 47.2 Å². The Hall–Kier alpha value is -3.62. The van der Waals surface area contributed by atoms with E-state index in [4.69, 9.17) is 31.8 Å². The minimum Gasteiger partial charge on any atom is -0.497 e. The first-order valence-electron chi connectivity index (χ1n) is 10.4. The SMILES string of the molecule is COc1ccc(C(Cc2cc([N+](=O)[O-])ccc2OC)c2nc(N)sc2-c2ccc(Cl)cc2)cc1. The Balaban J connectivity index is 1.86. The minimum absolute atomic E-state index is 0.00000247. The molecule has 0 aliphatic carbocycles. The standard InChI is InChI=1S/C25H22ClN3O4S/c1-32-20-10-5-15(6-11-20)21(14-17-13-19(29(30)31)9-12-22(17)33-2)23-24(34-25(27)28-23)16-3-7-18(26)8-4-16/h3-13,21H,14H2,1-2H3,(H2,27,28). The molecule has 1 unspecified atom stereocenters. The first-order chi connectivity index (χ1) is 16.4. The lowest BCUT2D eigenvalue weighted by Crippen LogP contribution is -2.09. The number of anilines is 1. The predicted molar refractivity (Wildman–Crippen MR) is 135 cm³/mol. The van der Waals surface area contributed by atoms with E-state index >= 15 is 0 Å². The average molecular weight is 496 g/mol. The van der Waals surface area contributed by atoms with Gasteiger partial charge in [0.05, 0.1) is 29.7 Å². The van der Waals surface area contributed by atoms with Crippen LogP contribution in [0.5, 0.6) is 11.5 Å².